The molecule has 1 atom stereocenters. The summed E-state index contributed by atoms with van der Waals surface area (Å²) >= 11 is 0. The zero-order chi connectivity index (χ0) is 16.8. The van der Waals surface area contributed by atoms with Crippen molar-refractivity contribution < 1.29 is 19.6 Å². The first-order valence-corrected chi connectivity index (χ1v) is 7.44. The predicted octanol–water partition coefficient (Wildman–Crippen LogP) is 0.476. The molecule has 2 amide bonds. The Kier molecular flexibility index (Phi) is 5.73. The summed E-state index contributed by atoms with van der Waals surface area (Å²) in [4.78, 5) is 24.0. The van der Waals surface area contributed by atoms with Gasteiger partial charge < -0.3 is 20.7 Å². The van der Waals surface area contributed by atoms with E-state index in [0.717, 1.165) is 10.8 Å². The molecule has 2 aromatic carbocycles. The number of carbonyl (C=O) groups is 2. The lowest BCUT2D eigenvalue weighted by Crippen LogP contribution is -2.49. The Hall–Kier alpha value is -2.38. The van der Waals surface area contributed by atoms with E-state index in [-0.39, 0.29) is 12.5 Å². The Morgan fingerprint density at radius 1 is 1.13 bits per heavy atom. The zero-order valence-corrected chi connectivity index (χ0v) is 12.8. The van der Waals surface area contributed by atoms with E-state index in [2.05, 4.69) is 10.6 Å². The topological polar surface area (TPSA) is 98.7 Å². The maximum Gasteiger partial charge on any atom is 0.475 e. The third-order valence-corrected chi connectivity index (χ3v) is 3.59. The molecule has 0 spiro atoms. The normalized spacial score (nSPS) is 11.8. The Bertz CT molecular complexity index is 700. The molecule has 0 saturated heterocycles. The summed E-state index contributed by atoms with van der Waals surface area (Å²) in [5.74, 6) is -1.58. The second kappa shape index (κ2) is 7.76. The van der Waals surface area contributed by atoms with Crippen LogP contribution in [0.1, 0.15) is 23.7 Å². The monoisotopic (exact) mass is 314 g/mol. The van der Waals surface area contributed by atoms with Gasteiger partial charge in [0.05, 0.1) is 12.5 Å². The van der Waals surface area contributed by atoms with Gasteiger partial charge in [-0.25, -0.2) is 0 Å². The second-order valence-electron chi connectivity index (χ2n) is 5.21. The molecule has 0 aliphatic carbocycles. The van der Waals surface area contributed by atoms with Gasteiger partial charge in [0.25, 0.3) is 5.91 Å². The van der Waals surface area contributed by atoms with Crippen molar-refractivity contribution >= 4 is 29.7 Å². The number of hydrogen-bond acceptors (Lipinski definition) is 4. The highest BCUT2D eigenvalue weighted by molar-refractivity contribution is 6.43. The number of hydrogen-bond donors (Lipinski definition) is 4. The predicted molar refractivity (Wildman–Crippen MR) is 88.7 cm³/mol. The van der Waals surface area contributed by atoms with Crippen molar-refractivity contribution in [2.24, 2.45) is 0 Å². The van der Waals surface area contributed by atoms with E-state index >= 15 is 0 Å². The summed E-state index contributed by atoms with van der Waals surface area (Å²) in [6.07, 6.45) is 0.376. The third-order valence-electron chi connectivity index (χ3n) is 3.59. The smallest absolute Gasteiger partial charge is 0.426 e. The first kappa shape index (κ1) is 17.0. The molecule has 0 aliphatic rings. The van der Waals surface area contributed by atoms with E-state index in [0.29, 0.717) is 12.0 Å². The molecular weight excluding hydrogens is 295 g/mol. The van der Waals surface area contributed by atoms with Crippen molar-refractivity contribution in [2.45, 2.75) is 19.3 Å². The van der Waals surface area contributed by atoms with E-state index in [4.69, 9.17) is 10.0 Å². The Morgan fingerprint density at radius 2 is 1.83 bits per heavy atom. The molecule has 0 aliphatic heterocycles. The molecule has 2 aromatic rings. The van der Waals surface area contributed by atoms with Gasteiger partial charge in [-0.15, -0.1) is 0 Å². The fourth-order valence-corrected chi connectivity index (χ4v) is 2.32. The van der Waals surface area contributed by atoms with Crippen LogP contribution in [0.3, 0.4) is 0 Å². The average Bonchev–Trinajstić information content (AvgIpc) is 2.56. The number of carbonyl (C=O) groups excluding carboxylic acids is 2. The van der Waals surface area contributed by atoms with Gasteiger partial charge >= 0.3 is 7.12 Å². The molecule has 7 heteroatoms. The van der Waals surface area contributed by atoms with Crippen molar-refractivity contribution in [1.29, 1.82) is 0 Å². The number of rotatable bonds is 6. The molecule has 0 unspecified atom stereocenters. The quantitative estimate of drug-likeness (QED) is 0.583. The van der Waals surface area contributed by atoms with E-state index in [1.165, 1.54) is 0 Å². The van der Waals surface area contributed by atoms with Crippen LogP contribution < -0.4 is 10.6 Å². The molecule has 23 heavy (non-hydrogen) atoms. The van der Waals surface area contributed by atoms with Crippen LogP contribution in [0.15, 0.2) is 42.5 Å². The van der Waals surface area contributed by atoms with Crippen LogP contribution in [-0.2, 0) is 4.79 Å². The summed E-state index contributed by atoms with van der Waals surface area (Å²) in [6.45, 7) is 1.49. The van der Waals surface area contributed by atoms with E-state index in [9.17, 15) is 9.59 Å². The SMILES string of the molecule is CC[C@H](NC(=O)CNC(=O)c1cccc2ccccc12)B(O)O. The zero-order valence-electron chi connectivity index (χ0n) is 12.8. The molecule has 0 bridgehead atoms. The highest BCUT2D eigenvalue weighted by Crippen LogP contribution is 2.18. The van der Waals surface area contributed by atoms with Gasteiger partial charge in [-0.3, -0.25) is 9.59 Å². The third kappa shape index (κ3) is 4.31. The van der Waals surface area contributed by atoms with Crippen LogP contribution in [0.4, 0.5) is 0 Å². The van der Waals surface area contributed by atoms with Gasteiger partial charge in [0.1, 0.15) is 0 Å². The largest absolute Gasteiger partial charge is 0.475 e. The van der Waals surface area contributed by atoms with Crippen LogP contribution >= 0.6 is 0 Å². The summed E-state index contributed by atoms with van der Waals surface area (Å²) < 4.78 is 0. The molecule has 4 N–H and O–H groups in total. The second-order valence-corrected chi connectivity index (χ2v) is 5.21. The summed E-state index contributed by atoms with van der Waals surface area (Å²) in [6, 6.07) is 12.9. The molecule has 0 aromatic heterocycles. The highest BCUT2D eigenvalue weighted by atomic mass is 16.4. The lowest BCUT2D eigenvalue weighted by atomic mass is 9.78. The van der Waals surface area contributed by atoms with Crippen LogP contribution in [-0.4, -0.2) is 41.5 Å². The van der Waals surface area contributed by atoms with Gasteiger partial charge in [0, 0.05) is 5.56 Å². The van der Waals surface area contributed by atoms with Gasteiger partial charge in [0.15, 0.2) is 0 Å². The summed E-state index contributed by atoms with van der Waals surface area (Å²) in [5, 5.41) is 24.9. The number of benzene rings is 2. The standard InChI is InChI=1S/C16H19BN2O4/c1-2-14(17(22)23)19-15(20)10-18-16(21)13-9-5-7-11-6-3-4-8-12(11)13/h3-9,14,22-23H,2,10H2,1H3,(H,18,21)(H,19,20)/t14-/m0/s1. The lowest BCUT2D eigenvalue weighted by molar-refractivity contribution is -0.120. The van der Waals surface area contributed by atoms with Gasteiger partial charge in [-0.1, -0.05) is 43.3 Å². The Labute approximate surface area is 134 Å². The molecule has 0 fully saturated rings. The van der Waals surface area contributed by atoms with Crippen molar-refractivity contribution in [3.63, 3.8) is 0 Å². The van der Waals surface area contributed by atoms with Crippen LogP contribution in [0.5, 0.6) is 0 Å². The Morgan fingerprint density at radius 3 is 2.52 bits per heavy atom. The van der Waals surface area contributed by atoms with Crippen molar-refractivity contribution in [3.05, 3.63) is 48.0 Å². The number of nitrogens with one attached hydrogen (secondary N) is 2. The lowest BCUT2D eigenvalue weighted by Gasteiger charge is -2.16. The maximum absolute atomic E-state index is 12.3. The van der Waals surface area contributed by atoms with Crippen LogP contribution in [0.2, 0.25) is 0 Å². The van der Waals surface area contributed by atoms with Crippen molar-refractivity contribution in [3.8, 4) is 0 Å². The molecule has 0 heterocycles. The maximum atomic E-state index is 12.3. The van der Waals surface area contributed by atoms with Gasteiger partial charge in [-0.05, 0) is 23.3 Å². The minimum Gasteiger partial charge on any atom is -0.426 e. The Balaban J connectivity index is 2.00. The fourth-order valence-electron chi connectivity index (χ4n) is 2.32. The number of amides is 2. The first-order chi connectivity index (χ1) is 11.0. The van der Waals surface area contributed by atoms with Crippen LogP contribution in [0, 0.1) is 0 Å². The highest BCUT2D eigenvalue weighted by Gasteiger charge is 2.23. The van der Waals surface area contributed by atoms with E-state index < -0.39 is 19.0 Å². The molecule has 0 saturated carbocycles. The fraction of sp³-hybridized carbons (Fsp3) is 0.250. The molecular formula is C16H19BN2O4. The van der Waals surface area contributed by atoms with Crippen molar-refractivity contribution in [1.82, 2.24) is 10.6 Å². The van der Waals surface area contributed by atoms with Crippen LogP contribution in [0.25, 0.3) is 10.8 Å². The van der Waals surface area contributed by atoms with E-state index in [1.807, 2.05) is 30.3 Å². The minimum atomic E-state index is -1.63. The number of fused-ring (bicyclic) bond motifs is 1. The first-order valence-electron chi connectivity index (χ1n) is 7.44. The molecule has 6 nitrogen and oxygen atoms in total. The summed E-state index contributed by atoms with van der Waals surface area (Å²) in [7, 11) is -1.63. The van der Waals surface area contributed by atoms with Crippen molar-refractivity contribution in [2.75, 3.05) is 6.54 Å². The van der Waals surface area contributed by atoms with Gasteiger partial charge in [0.2, 0.25) is 5.91 Å². The van der Waals surface area contributed by atoms with E-state index in [1.54, 1.807) is 19.1 Å². The summed E-state index contributed by atoms with van der Waals surface area (Å²) in [5.41, 5.74) is 0.491. The van der Waals surface area contributed by atoms with Gasteiger partial charge in [-0.2, -0.15) is 0 Å². The average molecular weight is 314 g/mol. The molecule has 0 radical (unpaired) electrons. The molecule has 2 rings (SSSR count). The molecule has 120 valence electrons. The minimum absolute atomic E-state index is 0.231.